The Morgan fingerprint density at radius 3 is 2.44 bits per heavy atom. The van der Waals surface area contributed by atoms with Crippen LogP contribution in [0.25, 0.3) is 5.57 Å². The van der Waals surface area contributed by atoms with Gasteiger partial charge in [0.05, 0.1) is 16.9 Å². The van der Waals surface area contributed by atoms with E-state index in [0.717, 1.165) is 41.6 Å². The molecule has 3 aliphatic rings. The summed E-state index contributed by atoms with van der Waals surface area (Å²) < 4.78 is 0. The van der Waals surface area contributed by atoms with Gasteiger partial charge in [-0.05, 0) is 113 Å². The lowest BCUT2D eigenvalue weighted by Gasteiger charge is -2.38. The number of aryl methyl sites for hydroxylation is 2. The van der Waals surface area contributed by atoms with E-state index in [4.69, 9.17) is 16.6 Å². The second kappa shape index (κ2) is 11.3. The van der Waals surface area contributed by atoms with Crippen molar-refractivity contribution in [3.8, 4) is 0 Å². The van der Waals surface area contributed by atoms with E-state index in [1.165, 1.54) is 74.0 Å². The number of benzene rings is 2. The Bertz CT molecular complexity index is 1360. The number of likely N-dealkylation sites (tertiary alicyclic amines) is 1. The number of anilines is 3. The van der Waals surface area contributed by atoms with Gasteiger partial charge in [0.2, 0.25) is 5.95 Å². The third-order valence-electron chi connectivity index (χ3n) is 8.69. The summed E-state index contributed by atoms with van der Waals surface area (Å²) in [6.07, 6.45) is 11.6. The maximum absolute atomic E-state index is 6.66. The van der Waals surface area contributed by atoms with Crippen LogP contribution in [0.3, 0.4) is 0 Å². The summed E-state index contributed by atoms with van der Waals surface area (Å²) in [5.41, 5.74) is 9.18. The number of nitrogens with zero attached hydrogens (tertiary/aromatic N) is 4. The normalized spacial score (nSPS) is 19.1. The molecule has 0 spiro atoms. The molecule has 2 aliphatic heterocycles. The summed E-state index contributed by atoms with van der Waals surface area (Å²) in [6, 6.07) is 14.2. The maximum Gasteiger partial charge on any atom is 0.227 e. The Balaban J connectivity index is 1.25. The Morgan fingerprint density at radius 2 is 1.74 bits per heavy atom. The quantitative estimate of drug-likeness (QED) is 0.329. The smallest absolute Gasteiger partial charge is 0.227 e. The van der Waals surface area contributed by atoms with Crippen molar-refractivity contribution < 1.29 is 0 Å². The number of hydrogen-bond acceptors (Lipinski definition) is 5. The minimum Gasteiger partial charge on any atom is -0.371 e. The van der Waals surface area contributed by atoms with Gasteiger partial charge in [-0.1, -0.05) is 41.4 Å². The van der Waals surface area contributed by atoms with Crippen LogP contribution < -0.4 is 10.2 Å². The van der Waals surface area contributed by atoms with Gasteiger partial charge in [-0.2, -0.15) is 0 Å². The van der Waals surface area contributed by atoms with Crippen molar-refractivity contribution in [2.45, 2.75) is 71.3 Å². The molecule has 204 valence electrons. The zero-order chi connectivity index (χ0) is 26.9. The average molecular weight is 542 g/mol. The zero-order valence-corrected chi connectivity index (χ0v) is 24.3. The lowest BCUT2D eigenvalue weighted by atomic mass is 9.96. The van der Waals surface area contributed by atoms with Crippen LogP contribution >= 0.6 is 11.6 Å². The topological polar surface area (TPSA) is 44.3 Å². The SMILES string of the molecule is C/C=C(\c1ccc(C)cc1C)c1nc(Nc2cc(C3CC3)cc(N3CCC(N4CCCC4)CC3)c2)ncc1Cl. The highest BCUT2D eigenvalue weighted by atomic mass is 35.5. The molecule has 0 unspecified atom stereocenters. The Kier molecular flexibility index (Phi) is 7.64. The number of piperidine rings is 1. The largest absolute Gasteiger partial charge is 0.371 e. The molecule has 6 rings (SSSR count). The Hall–Kier alpha value is -2.89. The van der Waals surface area contributed by atoms with E-state index in [9.17, 15) is 0 Å². The van der Waals surface area contributed by atoms with Crippen LogP contribution in [0.2, 0.25) is 5.02 Å². The molecule has 2 saturated heterocycles. The minimum atomic E-state index is 0.557. The van der Waals surface area contributed by atoms with Gasteiger partial charge in [0.1, 0.15) is 0 Å². The molecule has 6 heteroatoms. The molecule has 1 aliphatic carbocycles. The van der Waals surface area contributed by atoms with Crippen molar-refractivity contribution in [3.63, 3.8) is 0 Å². The first kappa shape index (κ1) is 26.3. The van der Waals surface area contributed by atoms with Crippen molar-refractivity contribution in [3.05, 3.63) is 81.6 Å². The fraction of sp³-hybridized carbons (Fsp3) is 0.455. The van der Waals surface area contributed by atoms with Crippen LogP contribution in [-0.4, -0.2) is 47.1 Å². The van der Waals surface area contributed by atoms with Gasteiger partial charge in [0, 0.05) is 36.1 Å². The standard InChI is InChI=1S/C33H40ClN5/c1-4-29(30-10-7-22(2)17-23(30)3)32-31(34)21-35-33(37-32)36-26-18-25(24-8-9-24)19-28(20-26)39-15-11-27(12-16-39)38-13-5-6-14-38/h4,7,10,17-21,24,27H,5-6,8-9,11-16H2,1-3H3,(H,35,36,37)/b29-4+. The van der Waals surface area contributed by atoms with Crippen LogP contribution in [0.1, 0.15) is 79.3 Å². The van der Waals surface area contributed by atoms with Crippen molar-refractivity contribution in [1.29, 1.82) is 0 Å². The molecule has 3 heterocycles. The third kappa shape index (κ3) is 5.85. The molecule has 1 N–H and O–H groups in total. The van der Waals surface area contributed by atoms with E-state index < -0.39 is 0 Å². The fourth-order valence-electron chi connectivity index (χ4n) is 6.42. The van der Waals surface area contributed by atoms with E-state index in [1.807, 2.05) is 6.92 Å². The van der Waals surface area contributed by atoms with Gasteiger partial charge in [0.25, 0.3) is 0 Å². The van der Waals surface area contributed by atoms with Gasteiger partial charge < -0.3 is 15.1 Å². The van der Waals surface area contributed by atoms with Gasteiger partial charge in [-0.3, -0.25) is 0 Å². The van der Waals surface area contributed by atoms with Crippen LogP contribution in [0.15, 0.2) is 48.7 Å². The first-order chi connectivity index (χ1) is 19.0. The van der Waals surface area contributed by atoms with E-state index in [1.54, 1.807) is 6.20 Å². The first-order valence-electron chi connectivity index (χ1n) is 14.7. The van der Waals surface area contributed by atoms with Crippen LogP contribution in [0.4, 0.5) is 17.3 Å². The molecule has 3 fully saturated rings. The molecule has 1 saturated carbocycles. The number of halogens is 1. The highest BCUT2D eigenvalue weighted by molar-refractivity contribution is 6.32. The van der Waals surface area contributed by atoms with Gasteiger partial charge in [0.15, 0.2) is 0 Å². The average Bonchev–Trinajstić information content (AvgIpc) is 3.65. The maximum atomic E-state index is 6.66. The van der Waals surface area contributed by atoms with Gasteiger partial charge >= 0.3 is 0 Å². The molecule has 0 bridgehead atoms. The second-order valence-electron chi connectivity index (χ2n) is 11.6. The van der Waals surface area contributed by atoms with E-state index in [2.05, 4.69) is 76.4 Å². The molecule has 5 nitrogen and oxygen atoms in total. The summed E-state index contributed by atoms with van der Waals surface area (Å²) in [4.78, 5) is 14.8. The predicted octanol–water partition coefficient (Wildman–Crippen LogP) is 7.88. The van der Waals surface area contributed by atoms with Gasteiger partial charge in [-0.15, -0.1) is 0 Å². The summed E-state index contributed by atoms with van der Waals surface area (Å²) in [5, 5.41) is 4.10. The highest BCUT2D eigenvalue weighted by Crippen LogP contribution is 2.43. The summed E-state index contributed by atoms with van der Waals surface area (Å²) in [5.74, 6) is 1.25. The van der Waals surface area contributed by atoms with E-state index in [0.29, 0.717) is 16.9 Å². The number of nitrogens with one attached hydrogen (secondary N) is 1. The lowest BCUT2D eigenvalue weighted by Crippen LogP contribution is -2.43. The van der Waals surface area contributed by atoms with Crippen molar-refractivity contribution in [1.82, 2.24) is 14.9 Å². The van der Waals surface area contributed by atoms with Crippen molar-refractivity contribution in [2.75, 3.05) is 36.4 Å². The molecule has 0 amide bonds. The molecule has 0 atom stereocenters. The number of allylic oxidation sites excluding steroid dienone is 1. The summed E-state index contributed by atoms with van der Waals surface area (Å²) >= 11 is 6.66. The monoisotopic (exact) mass is 541 g/mol. The second-order valence-corrected chi connectivity index (χ2v) is 12.0. The number of hydrogen-bond donors (Lipinski definition) is 1. The first-order valence-corrected chi connectivity index (χ1v) is 15.0. The molecule has 3 aromatic rings. The molecule has 2 aromatic carbocycles. The zero-order valence-electron chi connectivity index (χ0n) is 23.5. The number of rotatable bonds is 7. The number of aromatic nitrogens is 2. The van der Waals surface area contributed by atoms with Crippen LogP contribution in [-0.2, 0) is 0 Å². The van der Waals surface area contributed by atoms with Crippen molar-refractivity contribution >= 4 is 34.5 Å². The molecule has 39 heavy (non-hydrogen) atoms. The molecular weight excluding hydrogens is 502 g/mol. The van der Waals surface area contributed by atoms with Crippen molar-refractivity contribution in [2.24, 2.45) is 0 Å². The third-order valence-corrected chi connectivity index (χ3v) is 8.97. The minimum absolute atomic E-state index is 0.557. The summed E-state index contributed by atoms with van der Waals surface area (Å²) in [7, 11) is 0. The van der Waals surface area contributed by atoms with Crippen LogP contribution in [0.5, 0.6) is 0 Å². The summed E-state index contributed by atoms with van der Waals surface area (Å²) in [6.45, 7) is 11.1. The van der Waals surface area contributed by atoms with Crippen LogP contribution in [0, 0.1) is 13.8 Å². The Labute approximate surface area is 238 Å². The van der Waals surface area contributed by atoms with E-state index in [-0.39, 0.29) is 0 Å². The molecule has 0 radical (unpaired) electrons. The highest BCUT2D eigenvalue weighted by Gasteiger charge is 2.28. The fourth-order valence-corrected chi connectivity index (χ4v) is 6.61. The van der Waals surface area contributed by atoms with Gasteiger partial charge in [-0.25, -0.2) is 9.97 Å². The molecular formula is C33H40ClN5. The van der Waals surface area contributed by atoms with E-state index >= 15 is 0 Å². The lowest BCUT2D eigenvalue weighted by molar-refractivity contribution is 0.208. The Morgan fingerprint density at radius 1 is 0.974 bits per heavy atom. The molecule has 1 aromatic heterocycles. The predicted molar refractivity (Wildman–Crippen MR) is 163 cm³/mol.